The van der Waals surface area contributed by atoms with Crippen molar-refractivity contribution in [1.82, 2.24) is 19.5 Å². The van der Waals surface area contributed by atoms with Crippen LogP contribution in [0.5, 0.6) is 0 Å². The highest BCUT2D eigenvalue weighted by atomic mass is 28.4. The van der Waals surface area contributed by atoms with Crippen molar-refractivity contribution in [2.75, 3.05) is 13.2 Å². The first-order valence-electron chi connectivity index (χ1n) is 15.4. The molecular weight excluding hydrogens is 581 g/mol. The molecule has 238 valence electrons. The van der Waals surface area contributed by atoms with Crippen LogP contribution in [-0.4, -0.2) is 76.0 Å². The summed E-state index contributed by atoms with van der Waals surface area (Å²) in [7, 11) is -6.53. The van der Waals surface area contributed by atoms with Crippen molar-refractivity contribution in [3.05, 3.63) is 18.3 Å². The van der Waals surface area contributed by atoms with Gasteiger partial charge in [-0.1, -0.05) is 62.3 Å². The van der Waals surface area contributed by atoms with Crippen molar-refractivity contribution in [2.45, 2.75) is 147 Å². The lowest BCUT2D eigenvalue weighted by Gasteiger charge is -2.44. The van der Waals surface area contributed by atoms with E-state index in [1.807, 2.05) is 10.9 Å². The summed E-state index contributed by atoms with van der Waals surface area (Å²) in [4.78, 5) is 13.9. The lowest BCUT2D eigenvalue weighted by Crippen LogP contribution is -2.54. The molecule has 2 fully saturated rings. The molecule has 0 saturated carbocycles. The summed E-state index contributed by atoms with van der Waals surface area (Å²) >= 11 is 0. The average molecular weight is 637 g/mol. The Morgan fingerprint density at radius 1 is 0.786 bits per heavy atom. The topological polar surface area (TPSA) is 93.1 Å². The molecule has 0 bridgehead atoms. The van der Waals surface area contributed by atoms with E-state index in [0.717, 1.165) is 16.9 Å². The van der Waals surface area contributed by atoms with Crippen molar-refractivity contribution >= 4 is 36.1 Å². The van der Waals surface area contributed by atoms with Crippen molar-refractivity contribution in [3.63, 3.8) is 0 Å². The SMILES string of the molecule is CC(C)(C)[Si](C)(C)OC[C@H]1O[C@@H](n2cnc3c(C4CO4)ncnc32)[C@H](O[Si](C)(C)C(C)(C)C)[C@@H]1O[Si](C)(C)C(C)(C)C. The monoisotopic (exact) mass is 636 g/mol. The van der Waals surface area contributed by atoms with E-state index in [-0.39, 0.29) is 39.5 Å². The molecule has 0 amide bonds. The number of nitrogens with zero attached hydrogens (tertiary/aromatic N) is 4. The van der Waals surface area contributed by atoms with Crippen molar-refractivity contribution < 1.29 is 22.8 Å². The Balaban J connectivity index is 1.81. The molecule has 0 spiro atoms. The van der Waals surface area contributed by atoms with Gasteiger partial charge in [0.1, 0.15) is 42.0 Å². The number of fused-ring (bicyclic) bond motifs is 1. The van der Waals surface area contributed by atoms with Crippen LogP contribution in [0.2, 0.25) is 54.4 Å². The van der Waals surface area contributed by atoms with Crippen LogP contribution in [-0.2, 0) is 22.8 Å². The molecule has 4 rings (SSSR count). The molecule has 2 aliphatic heterocycles. The standard InChI is InChI=1S/C30H56N4O5Si3/c1-28(2,3)40(10,11)36-17-21-24(38-41(12,13)29(4,5)6)25(39-42(14,15)30(7,8)9)27(37-21)34-19-33-23-22(20-16-35-20)31-18-32-26(23)34/h18-21,24-25,27H,16-17H2,1-15H3/t20?,21-,24-,25-,27-/m1/s1. The van der Waals surface area contributed by atoms with Crippen LogP contribution >= 0.6 is 0 Å². The molecule has 2 saturated heterocycles. The first-order valence-corrected chi connectivity index (χ1v) is 24.1. The van der Waals surface area contributed by atoms with E-state index in [9.17, 15) is 0 Å². The number of rotatable bonds is 9. The quantitative estimate of drug-likeness (QED) is 0.205. The zero-order chi connectivity index (χ0) is 31.7. The van der Waals surface area contributed by atoms with Gasteiger partial charge in [0.15, 0.2) is 36.8 Å². The fourth-order valence-corrected chi connectivity index (χ4v) is 7.99. The van der Waals surface area contributed by atoms with Crippen LogP contribution in [0.25, 0.3) is 11.2 Å². The van der Waals surface area contributed by atoms with Crippen LogP contribution in [0.3, 0.4) is 0 Å². The van der Waals surface area contributed by atoms with Crippen LogP contribution in [0.4, 0.5) is 0 Å². The molecule has 4 heterocycles. The summed E-state index contributed by atoms with van der Waals surface area (Å²) < 4.78 is 35.9. The fraction of sp³-hybridized carbons (Fsp3) is 0.833. The summed E-state index contributed by atoms with van der Waals surface area (Å²) in [5.74, 6) is 0. The third-order valence-corrected chi connectivity index (χ3v) is 23.9. The molecule has 0 N–H and O–H groups in total. The van der Waals surface area contributed by atoms with E-state index in [1.165, 1.54) is 0 Å². The van der Waals surface area contributed by atoms with E-state index in [1.54, 1.807) is 6.33 Å². The fourth-order valence-electron chi connectivity index (χ4n) is 4.37. The first kappa shape index (κ1) is 33.9. The second-order valence-electron chi connectivity index (χ2n) is 16.7. The van der Waals surface area contributed by atoms with Crippen LogP contribution in [0.15, 0.2) is 12.7 Å². The maximum Gasteiger partial charge on any atom is 0.192 e. The maximum absolute atomic E-state index is 7.29. The third kappa shape index (κ3) is 6.65. The number of aromatic nitrogens is 4. The van der Waals surface area contributed by atoms with E-state index in [0.29, 0.717) is 13.2 Å². The Morgan fingerprint density at radius 3 is 1.81 bits per heavy atom. The lowest BCUT2D eigenvalue weighted by molar-refractivity contribution is -0.0470. The number of hydrogen-bond acceptors (Lipinski definition) is 8. The second kappa shape index (κ2) is 11.1. The van der Waals surface area contributed by atoms with Gasteiger partial charge >= 0.3 is 0 Å². The Hall–Kier alpha value is -0.999. The van der Waals surface area contributed by atoms with E-state index in [2.05, 4.69) is 112 Å². The summed E-state index contributed by atoms with van der Waals surface area (Å²) in [6.45, 7) is 35.3. The van der Waals surface area contributed by atoms with Crippen molar-refractivity contribution in [2.24, 2.45) is 0 Å². The summed E-state index contributed by atoms with van der Waals surface area (Å²) in [5.41, 5.74) is 2.30. The average Bonchev–Trinajstić information content (AvgIpc) is 3.50. The van der Waals surface area contributed by atoms with Crippen LogP contribution in [0, 0.1) is 0 Å². The summed E-state index contributed by atoms with van der Waals surface area (Å²) in [6.07, 6.45) is 1.94. The molecule has 0 radical (unpaired) electrons. The minimum Gasteiger partial charge on any atom is -0.414 e. The van der Waals surface area contributed by atoms with Gasteiger partial charge in [0.2, 0.25) is 0 Å². The lowest BCUT2D eigenvalue weighted by atomic mass is 10.1. The normalized spacial score (nSPS) is 26.3. The Labute approximate surface area is 256 Å². The van der Waals surface area contributed by atoms with Crippen molar-refractivity contribution in [1.29, 1.82) is 0 Å². The molecule has 1 unspecified atom stereocenters. The zero-order valence-electron chi connectivity index (χ0n) is 28.8. The Kier molecular flexibility index (Phi) is 8.96. The van der Waals surface area contributed by atoms with Gasteiger partial charge in [-0.05, 0) is 54.4 Å². The number of epoxide rings is 1. The van der Waals surface area contributed by atoms with E-state index >= 15 is 0 Å². The zero-order valence-corrected chi connectivity index (χ0v) is 31.8. The molecule has 0 aromatic carbocycles. The van der Waals surface area contributed by atoms with Gasteiger partial charge < -0.3 is 22.8 Å². The van der Waals surface area contributed by atoms with E-state index < -0.39 is 31.2 Å². The van der Waals surface area contributed by atoms with Crippen LogP contribution in [0.1, 0.15) is 80.3 Å². The van der Waals surface area contributed by atoms with Gasteiger partial charge in [0, 0.05) is 0 Å². The predicted molar refractivity (Wildman–Crippen MR) is 175 cm³/mol. The summed E-state index contributed by atoms with van der Waals surface area (Å²) in [6, 6.07) is 0. The largest absolute Gasteiger partial charge is 0.414 e. The Bertz CT molecular complexity index is 1260. The summed E-state index contributed by atoms with van der Waals surface area (Å²) in [5, 5.41) is 0.104. The van der Waals surface area contributed by atoms with Gasteiger partial charge in [-0.2, -0.15) is 0 Å². The maximum atomic E-state index is 7.29. The molecule has 42 heavy (non-hydrogen) atoms. The number of ether oxygens (including phenoxy) is 2. The van der Waals surface area contributed by atoms with E-state index in [4.69, 9.17) is 27.7 Å². The molecule has 9 nitrogen and oxygen atoms in total. The molecule has 2 aromatic rings. The molecular formula is C30H56N4O5Si3. The second-order valence-corrected chi connectivity index (χ2v) is 31.0. The molecule has 0 aliphatic carbocycles. The van der Waals surface area contributed by atoms with Crippen molar-refractivity contribution in [3.8, 4) is 0 Å². The van der Waals surface area contributed by atoms with Gasteiger partial charge in [0.05, 0.1) is 19.5 Å². The smallest absolute Gasteiger partial charge is 0.192 e. The Morgan fingerprint density at radius 2 is 1.31 bits per heavy atom. The van der Waals surface area contributed by atoms with Gasteiger partial charge in [-0.25, -0.2) is 15.0 Å². The molecule has 5 atom stereocenters. The minimum atomic E-state index is -2.26. The predicted octanol–water partition coefficient (Wildman–Crippen LogP) is 7.60. The van der Waals surface area contributed by atoms with Crippen LogP contribution < -0.4 is 0 Å². The first-order chi connectivity index (χ1) is 19.0. The highest BCUT2D eigenvalue weighted by molar-refractivity contribution is 6.75. The number of imidazole rings is 1. The van der Waals surface area contributed by atoms with Gasteiger partial charge in [-0.3, -0.25) is 4.57 Å². The minimum absolute atomic E-state index is 0.00442. The number of hydrogen-bond donors (Lipinski definition) is 0. The molecule has 2 aliphatic rings. The van der Waals surface area contributed by atoms with Gasteiger partial charge in [0.25, 0.3) is 0 Å². The highest BCUT2D eigenvalue weighted by Gasteiger charge is 2.55. The molecule has 12 heteroatoms. The molecule has 2 aromatic heterocycles. The highest BCUT2D eigenvalue weighted by Crippen LogP contribution is 2.47. The third-order valence-electron chi connectivity index (χ3n) is 10.5. The van der Waals surface area contributed by atoms with Gasteiger partial charge in [-0.15, -0.1) is 0 Å².